The topological polar surface area (TPSA) is 28.7 Å². The fourth-order valence-corrected chi connectivity index (χ4v) is 4.63. The van der Waals surface area contributed by atoms with E-state index >= 15 is 0 Å². The van der Waals surface area contributed by atoms with E-state index in [2.05, 4.69) is 62.7 Å². The first kappa shape index (κ1) is 24.7. The third-order valence-corrected chi connectivity index (χ3v) is 6.88. The third kappa shape index (κ3) is 5.82. The Morgan fingerprint density at radius 3 is 2.71 bits per heavy atom. The number of hydrogen-bond donors (Lipinski definition) is 0. The van der Waals surface area contributed by atoms with Crippen molar-refractivity contribution in [1.29, 1.82) is 0 Å². The van der Waals surface area contributed by atoms with Gasteiger partial charge in [0.2, 0.25) is 0 Å². The zero-order valence-corrected chi connectivity index (χ0v) is 21.3. The number of rotatable bonds is 8. The molecule has 0 fully saturated rings. The van der Waals surface area contributed by atoms with Gasteiger partial charge in [-0.15, -0.1) is 0 Å². The zero-order valence-electron chi connectivity index (χ0n) is 21.3. The van der Waals surface area contributed by atoms with Crippen molar-refractivity contribution in [3.05, 3.63) is 119 Å². The highest BCUT2D eigenvalue weighted by Gasteiger charge is 2.25. The number of benzene rings is 1. The Hall–Kier alpha value is -3.40. The Bertz CT molecular complexity index is 1250. The summed E-state index contributed by atoms with van der Waals surface area (Å²) in [4.78, 5) is 7.19. The predicted octanol–water partition coefficient (Wildman–Crippen LogP) is 8.22. The van der Waals surface area contributed by atoms with E-state index in [1.54, 1.807) is 12.1 Å². The van der Waals surface area contributed by atoms with Gasteiger partial charge >= 0.3 is 0 Å². The molecule has 182 valence electrons. The summed E-state index contributed by atoms with van der Waals surface area (Å²) in [6.07, 6.45) is 13.0. The summed E-state index contributed by atoms with van der Waals surface area (Å²) in [5, 5.41) is 0. The molecule has 4 rings (SSSR count). The Balaban J connectivity index is 1.76. The average molecular weight is 471 g/mol. The summed E-state index contributed by atoms with van der Waals surface area (Å²) in [7, 11) is 0. The molecule has 2 aliphatic rings. The van der Waals surface area contributed by atoms with Gasteiger partial charge < -0.3 is 9.32 Å². The minimum atomic E-state index is -0.237. The molecule has 1 aliphatic carbocycles. The number of aryl methyl sites for hydroxylation is 1. The molecule has 35 heavy (non-hydrogen) atoms. The van der Waals surface area contributed by atoms with Crippen LogP contribution in [0, 0.1) is 18.7 Å². The van der Waals surface area contributed by atoms with Crippen molar-refractivity contribution in [2.75, 3.05) is 0 Å². The van der Waals surface area contributed by atoms with E-state index < -0.39 is 0 Å². The largest absolute Gasteiger partial charge is 0.466 e. The van der Waals surface area contributed by atoms with Crippen molar-refractivity contribution < 1.29 is 8.81 Å². The van der Waals surface area contributed by atoms with Crippen LogP contribution in [-0.4, -0.2) is 10.6 Å². The van der Waals surface area contributed by atoms with Crippen LogP contribution in [0.1, 0.15) is 57.1 Å². The Morgan fingerprint density at radius 2 is 2.06 bits per heavy atom. The molecule has 2 aromatic rings. The lowest BCUT2D eigenvalue weighted by molar-refractivity contribution is 0.472. The number of furan rings is 1. The number of nitrogens with zero attached hydrogens (tertiary/aromatic N) is 2. The molecule has 0 spiro atoms. The molecule has 0 saturated carbocycles. The number of hydrogen-bond acceptors (Lipinski definition) is 3. The molecule has 1 unspecified atom stereocenters. The highest BCUT2D eigenvalue weighted by atomic mass is 19.1. The molecule has 0 bridgehead atoms. The lowest BCUT2D eigenvalue weighted by atomic mass is 9.92. The van der Waals surface area contributed by atoms with E-state index in [1.165, 1.54) is 11.6 Å². The van der Waals surface area contributed by atoms with Gasteiger partial charge in [0.25, 0.3) is 0 Å². The highest BCUT2D eigenvalue weighted by molar-refractivity contribution is 6.02. The first-order valence-electron chi connectivity index (χ1n) is 12.5. The summed E-state index contributed by atoms with van der Waals surface area (Å²) in [5.74, 6) is 2.03. The van der Waals surface area contributed by atoms with Crippen LogP contribution in [-0.2, 0) is 12.8 Å². The van der Waals surface area contributed by atoms with Gasteiger partial charge in [0.1, 0.15) is 17.3 Å². The molecule has 0 radical (unpaired) electrons. The molecule has 1 aromatic carbocycles. The Kier molecular flexibility index (Phi) is 7.70. The first-order valence-corrected chi connectivity index (χ1v) is 12.5. The molecule has 3 nitrogen and oxygen atoms in total. The highest BCUT2D eigenvalue weighted by Crippen LogP contribution is 2.33. The van der Waals surface area contributed by atoms with E-state index in [-0.39, 0.29) is 5.82 Å². The van der Waals surface area contributed by atoms with Gasteiger partial charge in [0.15, 0.2) is 0 Å². The van der Waals surface area contributed by atoms with E-state index in [9.17, 15) is 4.39 Å². The van der Waals surface area contributed by atoms with Crippen molar-refractivity contribution in [3.8, 4) is 0 Å². The summed E-state index contributed by atoms with van der Waals surface area (Å²) < 4.78 is 19.8. The number of halogens is 1. The van der Waals surface area contributed by atoms with Gasteiger partial charge in [-0.1, -0.05) is 50.8 Å². The Labute approximate surface area is 208 Å². The molecule has 2 heterocycles. The average Bonchev–Trinajstić information content (AvgIpc) is 3.28. The van der Waals surface area contributed by atoms with Gasteiger partial charge in [-0.05, 0) is 80.0 Å². The molecule has 0 N–H and O–H groups in total. The van der Waals surface area contributed by atoms with Gasteiger partial charge in [-0.2, -0.15) is 0 Å². The van der Waals surface area contributed by atoms with E-state index in [4.69, 9.17) is 9.41 Å². The van der Waals surface area contributed by atoms with Crippen molar-refractivity contribution in [3.63, 3.8) is 0 Å². The van der Waals surface area contributed by atoms with Gasteiger partial charge in [-0.25, -0.2) is 9.38 Å². The van der Waals surface area contributed by atoms with Gasteiger partial charge in [-0.3, -0.25) is 0 Å². The minimum absolute atomic E-state index is 0.237. The maximum absolute atomic E-state index is 13.9. The fraction of sp³-hybridized carbons (Fsp3) is 0.323. The van der Waals surface area contributed by atoms with Gasteiger partial charge in [0, 0.05) is 24.7 Å². The second-order valence-corrected chi connectivity index (χ2v) is 9.44. The van der Waals surface area contributed by atoms with Crippen molar-refractivity contribution in [1.82, 2.24) is 4.90 Å². The second-order valence-electron chi connectivity index (χ2n) is 9.44. The van der Waals surface area contributed by atoms with Crippen molar-refractivity contribution in [2.24, 2.45) is 10.9 Å². The summed E-state index contributed by atoms with van der Waals surface area (Å²) >= 11 is 0. The van der Waals surface area contributed by atoms with Crippen LogP contribution in [0.2, 0.25) is 0 Å². The molecular formula is C31H35FN2O. The molecule has 4 heteroatoms. The van der Waals surface area contributed by atoms with Crippen LogP contribution in [0.25, 0.3) is 0 Å². The monoisotopic (exact) mass is 470 g/mol. The SMILES string of the molecule is C=C1C(Cc2cccc(F)c2)=NC(C2=CCCC=C2)=CN1/C(C)=C(/Cc1ccc(C)o1)C(C)CC. The lowest BCUT2D eigenvalue weighted by Gasteiger charge is -2.32. The normalized spacial score (nSPS) is 17.6. The minimum Gasteiger partial charge on any atom is -0.466 e. The number of allylic oxidation sites excluding steroid dienone is 6. The lowest BCUT2D eigenvalue weighted by Crippen LogP contribution is -2.28. The van der Waals surface area contributed by atoms with Crippen LogP contribution in [0.3, 0.4) is 0 Å². The summed E-state index contributed by atoms with van der Waals surface area (Å²) in [6, 6.07) is 10.8. The molecule has 0 amide bonds. The maximum atomic E-state index is 13.9. The quantitative estimate of drug-likeness (QED) is 0.389. The number of aliphatic imine (C=N–C) groups is 1. The maximum Gasteiger partial charge on any atom is 0.123 e. The second kappa shape index (κ2) is 10.9. The van der Waals surface area contributed by atoms with Crippen molar-refractivity contribution >= 4 is 5.71 Å². The Morgan fingerprint density at radius 1 is 1.23 bits per heavy atom. The molecular weight excluding hydrogens is 435 g/mol. The molecule has 1 atom stereocenters. The van der Waals surface area contributed by atoms with Gasteiger partial charge in [0.05, 0.1) is 17.1 Å². The smallest absolute Gasteiger partial charge is 0.123 e. The van der Waals surface area contributed by atoms with E-state index in [1.807, 2.05) is 19.1 Å². The van der Waals surface area contributed by atoms with Crippen LogP contribution >= 0.6 is 0 Å². The molecule has 1 aromatic heterocycles. The molecule has 1 aliphatic heterocycles. The molecule has 0 saturated heterocycles. The van der Waals surface area contributed by atoms with Crippen LogP contribution in [0.4, 0.5) is 4.39 Å². The van der Waals surface area contributed by atoms with Crippen LogP contribution < -0.4 is 0 Å². The van der Waals surface area contributed by atoms with E-state index in [0.717, 1.165) is 71.1 Å². The van der Waals surface area contributed by atoms with Crippen LogP contribution in [0.5, 0.6) is 0 Å². The van der Waals surface area contributed by atoms with Crippen LogP contribution in [0.15, 0.2) is 105 Å². The zero-order chi connectivity index (χ0) is 24.9. The summed E-state index contributed by atoms with van der Waals surface area (Å²) in [5.41, 5.74) is 7.05. The summed E-state index contributed by atoms with van der Waals surface area (Å²) in [6.45, 7) is 13.1. The van der Waals surface area contributed by atoms with E-state index in [0.29, 0.717) is 12.3 Å². The fourth-order valence-electron chi connectivity index (χ4n) is 4.63. The standard InChI is InChI=1S/C31H35FN2O/c1-6-21(2)29(19-28-16-15-22(3)35-28)23(4)34-20-31(26-12-8-7-9-13-26)33-30(24(34)5)18-25-11-10-14-27(32)17-25/h8,10-17,20-21H,5-7,9,18-19H2,1-4H3/b29-23-. The predicted molar refractivity (Wildman–Crippen MR) is 142 cm³/mol. The first-order chi connectivity index (χ1) is 16.9. The van der Waals surface area contributed by atoms with Crippen molar-refractivity contribution in [2.45, 2.75) is 59.8 Å². The third-order valence-electron chi connectivity index (χ3n) is 6.88.